The number of rotatable bonds is 3. The summed E-state index contributed by atoms with van der Waals surface area (Å²) in [6.07, 6.45) is 7.74. The number of carboxylic acids is 1. The van der Waals surface area contributed by atoms with E-state index in [0.717, 1.165) is 50.7 Å². The van der Waals surface area contributed by atoms with Gasteiger partial charge in [-0.15, -0.1) is 0 Å². The molecule has 0 aromatic rings. The van der Waals surface area contributed by atoms with E-state index >= 15 is 0 Å². The molecule has 0 spiro atoms. The third-order valence-corrected chi connectivity index (χ3v) is 4.20. The molecule has 0 unspecified atom stereocenters. The first-order valence-electron chi connectivity index (χ1n) is 6.56. The van der Waals surface area contributed by atoms with Gasteiger partial charge in [0.25, 0.3) is 0 Å². The van der Waals surface area contributed by atoms with Crippen molar-refractivity contribution in [1.29, 1.82) is 0 Å². The Morgan fingerprint density at radius 3 is 2.12 bits per heavy atom. The predicted molar refractivity (Wildman–Crippen MR) is 61.2 cm³/mol. The van der Waals surface area contributed by atoms with Crippen LogP contribution in [0.1, 0.15) is 44.9 Å². The normalized spacial score (nSPS) is 32.5. The smallest absolute Gasteiger partial charge is 0.306 e. The molecule has 3 heteroatoms. The van der Waals surface area contributed by atoms with Crippen LogP contribution in [0.5, 0.6) is 0 Å². The van der Waals surface area contributed by atoms with Crippen LogP contribution >= 0.6 is 0 Å². The van der Waals surface area contributed by atoms with E-state index < -0.39 is 5.97 Å². The Hall–Kier alpha value is -0.570. The molecule has 1 aliphatic heterocycles. The molecule has 0 aromatic heterocycles. The molecule has 0 bridgehead atoms. The monoisotopic (exact) mass is 226 g/mol. The molecule has 2 aliphatic rings. The lowest BCUT2D eigenvalue weighted by Gasteiger charge is -2.30. The first-order chi connectivity index (χ1) is 7.75. The minimum Gasteiger partial charge on any atom is -0.481 e. The second kappa shape index (κ2) is 5.67. The standard InChI is InChI=1S/C13H22O3/c14-13(15)12-3-1-10(2-4-12)9-11-5-7-16-8-6-11/h10-12H,1-9H2,(H,14,15). The molecule has 3 nitrogen and oxygen atoms in total. The molecule has 1 saturated carbocycles. The van der Waals surface area contributed by atoms with Crippen molar-refractivity contribution in [3.8, 4) is 0 Å². The maximum absolute atomic E-state index is 10.8. The van der Waals surface area contributed by atoms with Gasteiger partial charge in [0, 0.05) is 13.2 Å². The lowest BCUT2D eigenvalue weighted by Crippen LogP contribution is -2.24. The van der Waals surface area contributed by atoms with Crippen LogP contribution in [0.3, 0.4) is 0 Å². The van der Waals surface area contributed by atoms with Gasteiger partial charge in [-0.2, -0.15) is 0 Å². The summed E-state index contributed by atoms with van der Waals surface area (Å²) in [6, 6.07) is 0. The van der Waals surface area contributed by atoms with Crippen LogP contribution in [0.2, 0.25) is 0 Å². The molecular weight excluding hydrogens is 204 g/mol. The number of aliphatic carboxylic acids is 1. The fourth-order valence-electron chi connectivity index (χ4n) is 3.10. The highest BCUT2D eigenvalue weighted by molar-refractivity contribution is 5.69. The first-order valence-corrected chi connectivity index (χ1v) is 6.56. The van der Waals surface area contributed by atoms with E-state index in [2.05, 4.69) is 0 Å². The quantitative estimate of drug-likeness (QED) is 0.804. The van der Waals surface area contributed by atoms with E-state index in [1.165, 1.54) is 19.3 Å². The van der Waals surface area contributed by atoms with Crippen molar-refractivity contribution < 1.29 is 14.6 Å². The second-order valence-electron chi connectivity index (χ2n) is 5.35. The lowest BCUT2D eigenvalue weighted by molar-refractivity contribution is -0.143. The molecule has 1 saturated heterocycles. The van der Waals surface area contributed by atoms with Crippen LogP contribution in [0.25, 0.3) is 0 Å². The number of ether oxygens (including phenoxy) is 1. The minimum atomic E-state index is -0.593. The Balaban J connectivity index is 1.70. The summed E-state index contributed by atoms with van der Waals surface area (Å²) in [6.45, 7) is 1.85. The average Bonchev–Trinajstić information content (AvgIpc) is 2.31. The molecule has 1 N–H and O–H groups in total. The van der Waals surface area contributed by atoms with Gasteiger partial charge in [-0.05, 0) is 56.8 Å². The number of carbonyl (C=O) groups is 1. The Kier molecular flexibility index (Phi) is 4.22. The Morgan fingerprint density at radius 2 is 1.56 bits per heavy atom. The molecule has 2 fully saturated rings. The fraction of sp³-hybridized carbons (Fsp3) is 0.923. The van der Waals surface area contributed by atoms with E-state index in [9.17, 15) is 4.79 Å². The van der Waals surface area contributed by atoms with Gasteiger partial charge in [0.1, 0.15) is 0 Å². The van der Waals surface area contributed by atoms with Crippen LogP contribution in [0, 0.1) is 17.8 Å². The second-order valence-corrected chi connectivity index (χ2v) is 5.35. The predicted octanol–water partition coefficient (Wildman–Crippen LogP) is 2.69. The Labute approximate surface area is 97.2 Å². The highest BCUT2D eigenvalue weighted by Gasteiger charge is 2.27. The molecule has 0 amide bonds. The van der Waals surface area contributed by atoms with Crippen molar-refractivity contribution in [1.82, 2.24) is 0 Å². The van der Waals surface area contributed by atoms with Crippen LogP contribution in [0.4, 0.5) is 0 Å². The Bertz CT molecular complexity index is 225. The minimum absolute atomic E-state index is 0.0639. The summed E-state index contributed by atoms with van der Waals surface area (Å²) in [5.74, 6) is 0.953. The van der Waals surface area contributed by atoms with Gasteiger partial charge < -0.3 is 9.84 Å². The average molecular weight is 226 g/mol. The lowest BCUT2D eigenvalue weighted by atomic mass is 9.77. The highest BCUT2D eigenvalue weighted by atomic mass is 16.5. The molecular formula is C13H22O3. The van der Waals surface area contributed by atoms with Crippen molar-refractivity contribution in [2.24, 2.45) is 17.8 Å². The summed E-state index contributed by atoms with van der Waals surface area (Å²) >= 11 is 0. The van der Waals surface area contributed by atoms with Crippen LogP contribution < -0.4 is 0 Å². The van der Waals surface area contributed by atoms with Gasteiger partial charge in [0.15, 0.2) is 0 Å². The van der Waals surface area contributed by atoms with Gasteiger partial charge in [0.05, 0.1) is 5.92 Å². The van der Waals surface area contributed by atoms with E-state index in [0.29, 0.717) is 0 Å². The maximum atomic E-state index is 10.8. The third kappa shape index (κ3) is 3.21. The molecule has 0 atom stereocenters. The first kappa shape index (κ1) is 11.9. The number of carboxylic acid groups (broad SMARTS) is 1. The van der Waals surface area contributed by atoms with Gasteiger partial charge >= 0.3 is 5.97 Å². The fourth-order valence-corrected chi connectivity index (χ4v) is 3.10. The molecule has 0 aromatic carbocycles. The van der Waals surface area contributed by atoms with Crippen molar-refractivity contribution >= 4 is 5.97 Å². The van der Waals surface area contributed by atoms with Gasteiger partial charge in [-0.3, -0.25) is 4.79 Å². The van der Waals surface area contributed by atoms with Crippen molar-refractivity contribution in [3.05, 3.63) is 0 Å². The maximum Gasteiger partial charge on any atom is 0.306 e. The number of hydrogen-bond donors (Lipinski definition) is 1. The van der Waals surface area contributed by atoms with Crippen molar-refractivity contribution in [2.45, 2.75) is 44.9 Å². The molecule has 2 rings (SSSR count). The zero-order chi connectivity index (χ0) is 11.4. The summed E-state index contributed by atoms with van der Waals surface area (Å²) < 4.78 is 5.36. The SMILES string of the molecule is O=C(O)C1CCC(CC2CCOCC2)CC1. The topological polar surface area (TPSA) is 46.5 Å². The largest absolute Gasteiger partial charge is 0.481 e. The Morgan fingerprint density at radius 1 is 1.00 bits per heavy atom. The van der Waals surface area contributed by atoms with E-state index in [4.69, 9.17) is 9.84 Å². The van der Waals surface area contributed by atoms with E-state index in [-0.39, 0.29) is 5.92 Å². The van der Waals surface area contributed by atoms with E-state index in [1.807, 2.05) is 0 Å². The molecule has 0 radical (unpaired) electrons. The van der Waals surface area contributed by atoms with Crippen LogP contribution in [0.15, 0.2) is 0 Å². The zero-order valence-electron chi connectivity index (χ0n) is 9.86. The van der Waals surface area contributed by atoms with Crippen molar-refractivity contribution in [3.63, 3.8) is 0 Å². The highest BCUT2D eigenvalue weighted by Crippen LogP contribution is 2.35. The van der Waals surface area contributed by atoms with E-state index in [1.54, 1.807) is 0 Å². The third-order valence-electron chi connectivity index (χ3n) is 4.20. The van der Waals surface area contributed by atoms with Crippen LogP contribution in [-0.4, -0.2) is 24.3 Å². The van der Waals surface area contributed by atoms with Crippen LogP contribution in [-0.2, 0) is 9.53 Å². The van der Waals surface area contributed by atoms with Gasteiger partial charge in [-0.1, -0.05) is 0 Å². The summed E-state index contributed by atoms with van der Waals surface area (Å²) in [5, 5.41) is 8.93. The molecule has 16 heavy (non-hydrogen) atoms. The van der Waals surface area contributed by atoms with Gasteiger partial charge in [0.2, 0.25) is 0 Å². The molecule has 1 heterocycles. The summed E-state index contributed by atoms with van der Waals surface area (Å²) in [7, 11) is 0. The zero-order valence-corrected chi connectivity index (χ0v) is 9.86. The summed E-state index contributed by atoms with van der Waals surface area (Å²) in [5.41, 5.74) is 0. The van der Waals surface area contributed by atoms with Crippen molar-refractivity contribution in [2.75, 3.05) is 13.2 Å². The summed E-state index contributed by atoms with van der Waals surface area (Å²) in [4.78, 5) is 10.8. The molecule has 1 aliphatic carbocycles. The number of hydrogen-bond acceptors (Lipinski definition) is 2. The van der Waals surface area contributed by atoms with Gasteiger partial charge in [-0.25, -0.2) is 0 Å². The molecule has 92 valence electrons.